The van der Waals surface area contributed by atoms with Gasteiger partial charge in [0.15, 0.2) is 0 Å². The molecule has 0 N–H and O–H groups in total. The van der Waals surface area contributed by atoms with Crippen molar-refractivity contribution in [2.45, 2.75) is 38.2 Å². The van der Waals surface area contributed by atoms with Gasteiger partial charge in [-0.1, -0.05) is 73.2 Å². The van der Waals surface area contributed by atoms with E-state index in [-0.39, 0.29) is 17.8 Å². The molecule has 4 aromatic rings. The molecule has 4 heteroatoms. The van der Waals surface area contributed by atoms with Crippen LogP contribution in [0.2, 0.25) is 0 Å². The van der Waals surface area contributed by atoms with Crippen LogP contribution in [0.1, 0.15) is 54.0 Å². The number of aromatic nitrogens is 1. The molecule has 1 fully saturated rings. The standard InChI is InChI=1S/C32H29NO3/c1-35-32(34)31(25-12-5-6-13-25)29-20-19-28(21-26(29)16-15-23-9-3-2-4-10-23)36-22-27-18-17-24-11-7-8-14-30(24)33-27/h2-4,7-11,14,17-21,25,31H,5-6,12-13,22H2,1H3. The van der Waals surface area contributed by atoms with Crippen molar-refractivity contribution < 1.29 is 14.3 Å². The Labute approximate surface area is 212 Å². The Kier molecular flexibility index (Phi) is 7.28. The minimum Gasteiger partial charge on any atom is -0.487 e. The Morgan fingerprint density at radius 2 is 1.72 bits per heavy atom. The second-order valence-corrected chi connectivity index (χ2v) is 9.19. The van der Waals surface area contributed by atoms with E-state index in [1.54, 1.807) is 0 Å². The fourth-order valence-electron chi connectivity index (χ4n) is 5.00. The van der Waals surface area contributed by atoms with Gasteiger partial charge in [0, 0.05) is 16.5 Å². The van der Waals surface area contributed by atoms with Crippen LogP contribution in [0.15, 0.2) is 84.9 Å². The number of benzene rings is 3. The van der Waals surface area contributed by atoms with Gasteiger partial charge in [-0.2, -0.15) is 0 Å². The van der Waals surface area contributed by atoms with Gasteiger partial charge in [0.25, 0.3) is 0 Å². The molecule has 180 valence electrons. The monoisotopic (exact) mass is 475 g/mol. The molecule has 0 spiro atoms. The molecule has 4 nitrogen and oxygen atoms in total. The van der Waals surface area contributed by atoms with E-state index in [1.807, 2.05) is 78.9 Å². The zero-order valence-electron chi connectivity index (χ0n) is 20.4. The Morgan fingerprint density at radius 1 is 0.944 bits per heavy atom. The van der Waals surface area contributed by atoms with Crippen LogP contribution < -0.4 is 4.74 Å². The van der Waals surface area contributed by atoms with Gasteiger partial charge >= 0.3 is 5.97 Å². The van der Waals surface area contributed by atoms with Gasteiger partial charge < -0.3 is 9.47 Å². The van der Waals surface area contributed by atoms with Crippen molar-refractivity contribution in [2.24, 2.45) is 5.92 Å². The number of rotatable bonds is 6. The number of hydrogen-bond acceptors (Lipinski definition) is 4. The first-order chi connectivity index (χ1) is 17.7. The van der Waals surface area contributed by atoms with Crippen LogP contribution in [0.25, 0.3) is 10.9 Å². The molecule has 1 aliphatic rings. The Hall–Kier alpha value is -4.10. The topological polar surface area (TPSA) is 48.4 Å². The van der Waals surface area contributed by atoms with E-state index in [9.17, 15) is 4.79 Å². The molecule has 5 rings (SSSR count). The van der Waals surface area contributed by atoms with Crippen molar-refractivity contribution in [1.29, 1.82) is 0 Å². The number of esters is 1. The van der Waals surface area contributed by atoms with E-state index in [4.69, 9.17) is 14.5 Å². The smallest absolute Gasteiger partial charge is 0.313 e. The molecule has 0 aliphatic heterocycles. The average molecular weight is 476 g/mol. The third kappa shape index (κ3) is 5.42. The highest BCUT2D eigenvalue weighted by molar-refractivity contribution is 5.80. The van der Waals surface area contributed by atoms with Gasteiger partial charge in [-0.25, -0.2) is 4.98 Å². The second kappa shape index (κ2) is 11.1. The predicted molar refractivity (Wildman–Crippen MR) is 142 cm³/mol. The highest BCUT2D eigenvalue weighted by Gasteiger charge is 2.34. The molecule has 0 radical (unpaired) electrons. The van der Waals surface area contributed by atoms with Crippen LogP contribution in [-0.2, 0) is 16.1 Å². The van der Waals surface area contributed by atoms with Gasteiger partial charge in [0.2, 0.25) is 0 Å². The largest absolute Gasteiger partial charge is 0.487 e. The Balaban J connectivity index is 1.46. The zero-order valence-corrected chi connectivity index (χ0v) is 20.4. The van der Waals surface area contributed by atoms with E-state index in [0.717, 1.165) is 59.0 Å². The minimum absolute atomic E-state index is 0.196. The molecular weight excluding hydrogens is 446 g/mol. The number of hydrogen-bond donors (Lipinski definition) is 0. The number of fused-ring (bicyclic) bond motifs is 1. The van der Waals surface area contributed by atoms with Crippen LogP contribution in [0.4, 0.5) is 0 Å². The Bertz CT molecular complexity index is 1410. The molecular formula is C32H29NO3. The summed E-state index contributed by atoms with van der Waals surface area (Å²) in [6.45, 7) is 0.346. The molecule has 0 saturated heterocycles. The summed E-state index contributed by atoms with van der Waals surface area (Å²) in [6.07, 6.45) is 4.33. The van der Waals surface area contributed by atoms with Crippen molar-refractivity contribution in [2.75, 3.05) is 7.11 Å². The van der Waals surface area contributed by atoms with Gasteiger partial charge in [-0.3, -0.25) is 4.79 Å². The highest BCUT2D eigenvalue weighted by atomic mass is 16.5. The lowest BCUT2D eigenvalue weighted by molar-refractivity contribution is -0.143. The van der Waals surface area contributed by atoms with Crippen LogP contribution in [0.3, 0.4) is 0 Å². The SMILES string of the molecule is COC(=O)C(c1ccc(OCc2ccc3ccccc3n2)cc1C#Cc1ccccc1)C1CCCC1. The summed E-state index contributed by atoms with van der Waals surface area (Å²) in [4.78, 5) is 17.6. The number of carbonyl (C=O) groups excluding carboxylic acids is 1. The number of carbonyl (C=O) groups is 1. The number of methoxy groups -OCH3 is 1. The van der Waals surface area contributed by atoms with E-state index in [2.05, 4.69) is 17.9 Å². The summed E-state index contributed by atoms with van der Waals surface area (Å²) in [5, 5.41) is 1.10. The van der Waals surface area contributed by atoms with Crippen molar-refractivity contribution in [3.63, 3.8) is 0 Å². The lowest BCUT2D eigenvalue weighted by Crippen LogP contribution is -2.22. The number of pyridine rings is 1. The maximum absolute atomic E-state index is 12.9. The molecule has 3 aromatic carbocycles. The van der Waals surface area contributed by atoms with Gasteiger partial charge in [-0.05, 0) is 60.7 Å². The first-order valence-electron chi connectivity index (χ1n) is 12.5. The highest BCUT2D eigenvalue weighted by Crippen LogP contribution is 2.40. The lowest BCUT2D eigenvalue weighted by atomic mass is 9.82. The summed E-state index contributed by atoms with van der Waals surface area (Å²) in [5.41, 5.74) is 4.43. The van der Waals surface area contributed by atoms with Gasteiger partial charge in [0.05, 0.1) is 24.2 Å². The zero-order chi connectivity index (χ0) is 24.7. The number of nitrogens with zero attached hydrogens (tertiary/aromatic N) is 1. The maximum Gasteiger partial charge on any atom is 0.313 e. The summed E-state index contributed by atoms with van der Waals surface area (Å²) >= 11 is 0. The van der Waals surface area contributed by atoms with Crippen molar-refractivity contribution in [1.82, 2.24) is 4.98 Å². The third-order valence-electron chi connectivity index (χ3n) is 6.84. The van der Waals surface area contributed by atoms with E-state index in [0.29, 0.717) is 12.4 Å². The maximum atomic E-state index is 12.9. The van der Waals surface area contributed by atoms with Crippen molar-refractivity contribution >= 4 is 16.9 Å². The second-order valence-electron chi connectivity index (χ2n) is 9.19. The van der Waals surface area contributed by atoms with Gasteiger partial charge in [0.1, 0.15) is 12.4 Å². The van der Waals surface area contributed by atoms with Crippen molar-refractivity contribution in [3.8, 4) is 17.6 Å². The molecule has 1 heterocycles. The molecule has 36 heavy (non-hydrogen) atoms. The number of para-hydroxylation sites is 1. The predicted octanol–water partition coefficient (Wildman–Crippen LogP) is 6.66. The first-order valence-corrected chi connectivity index (χ1v) is 12.5. The molecule has 1 saturated carbocycles. The Morgan fingerprint density at radius 3 is 2.53 bits per heavy atom. The van der Waals surface area contributed by atoms with Crippen molar-refractivity contribution in [3.05, 3.63) is 107 Å². The normalized spacial score (nSPS) is 14.1. The lowest BCUT2D eigenvalue weighted by Gasteiger charge is -2.23. The minimum atomic E-state index is -0.325. The van der Waals surface area contributed by atoms with E-state index < -0.39 is 0 Å². The average Bonchev–Trinajstić information content (AvgIpc) is 3.46. The summed E-state index contributed by atoms with van der Waals surface area (Å²) in [7, 11) is 1.47. The molecule has 1 aliphatic carbocycles. The third-order valence-corrected chi connectivity index (χ3v) is 6.84. The van der Waals surface area contributed by atoms with E-state index in [1.165, 1.54) is 7.11 Å². The van der Waals surface area contributed by atoms with Crippen LogP contribution >= 0.6 is 0 Å². The summed E-state index contributed by atoms with van der Waals surface area (Å²) in [6, 6.07) is 27.8. The molecule has 1 aromatic heterocycles. The van der Waals surface area contributed by atoms with Crippen LogP contribution in [-0.4, -0.2) is 18.1 Å². The molecule has 1 atom stereocenters. The summed E-state index contributed by atoms with van der Waals surface area (Å²) in [5.74, 6) is 7.02. The fourth-order valence-corrected chi connectivity index (χ4v) is 5.00. The van der Waals surface area contributed by atoms with E-state index >= 15 is 0 Å². The molecule has 0 bridgehead atoms. The first kappa shape index (κ1) is 23.6. The van der Waals surface area contributed by atoms with Crippen LogP contribution in [0, 0.1) is 17.8 Å². The summed E-state index contributed by atoms with van der Waals surface area (Å²) < 4.78 is 11.4. The molecule has 1 unspecified atom stereocenters. The quantitative estimate of drug-likeness (QED) is 0.231. The van der Waals surface area contributed by atoms with Gasteiger partial charge in [-0.15, -0.1) is 0 Å². The molecule has 0 amide bonds. The fraction of sp³-hybridized carbons (Fsp3) is 0.250. The number of ether oxygens (including phenoxy) is 2. The van der Waals surface area contributed by atoms with Crippen LogP contribution in [0.5, 0.6) is 5.75 Å².